The number of thiophene rings is 1. The van der Waals surface area contributed by atoms with Crippen molar-refractivity contribution in [1.29, 1.82) is 0 Å². The molecule has 2 rings (SSSR count). The largest absolute Gasteiger partial charge is 0.381 e. The standard InChI is InChI=1S/C13H21NOS/c1-10(7-12-4-6-16-9-12)14-11(2)13-3-5-15-8-13/h4,6,9-11,13-14H,3,5,7-8H2,1-2H3. The molecule has 1 N–H and O–H groups in total. The molecular weight excluding hydrogens is 218 g/mol. The van der Waals surface area contributed by atoms with Gasteiger partial charge in [-0.1, -0.05) is 0 Å². The maximum atomic E-state index is 5.43. The second kappa shape index (κ2) is 5.80. The van der Waals surface area contributed by atoms with E-state index in [4.69, 9.17) is 4.74 Å². The minimum atomic E-state index is 0.546. The van der Waals surface area contributed by atoms with Gasteiger partial charge >= 0.3 is 0 Å². The molecule has 0 spiro atoms. The maximum Gasteiger partial charge on any atom is 0.0509 e. The summed E-state index contributed by atoms with van der Waals surface area (Å²) in [4.78, 5) is 0. The van der Waals surface area contributed by atoms with E-state index in [0.717, 1.165) is 19.6 Å². The highest BCUT2D eigenvalue weighted by molar-refractivity contribution is 7.07. The van der Waals surface area contributed by atoms with Crippen LogP contribution in [0.1, 0.15) is 25.8 Å². The quantitative estimate of drug-likeness (QED) is 0.853. The van der Waals surface area contributed by atoms with Crippen molar-refractivity contribution >= 4 is 11.3 Å². The first kappa shape index (κ1) is 12.1. The monoisotopic (exact) mass is 239 g/mol. The fourth-order valence-corrected chi connectivity index (χ4v) is 3.03. The number of rotatable bonds is 5. The van der Waals surface area contributed by atoms with Crippen molar-refractivity contribution < 1.29 is 4.74 Å². The van der Waals surface area contributed by atoms with Gasteiger partial charge < -0.3 is 10.1 Å². The molecule has 0 aliphatic carbocycles. The second-order valence-corrected chi connectivity index (χ2v) is 5.60. The molecule has 16 heavy (non-hydrogen) atoms. The van der Waals surface area contributed by atoms with Crippen LogP contribution in [0.15, 0.2) is 16.8 Å². The van der Waals surface area contributed by atoms with E-state index in [1.807, 2.05) is 0 Å². The van der Waals surface area contributed by atoms with Gasteiger partial charge in [-0.05, 0) is 55.0 Å². The van der Waals surface area contributed by atoms with Crippen molar-refractivity contribution in [2.75, 3.05) is 13.2 Å². The summed E-state index contributed by atoms with van der Waals surface area (Å²) in [5.41, 5.74) is 1.44. The van der Waals surface area contributed by atoms with Crippen molar-refractivity contribution in [2.24, 2.45) is 5.92 Å². The lowest BCUT2D eigenvalue weighted by molar-refractivity contribution is 0.177. The van der Waals surface area contributed by atoms with Gasteiger partial charge in [0.25, 0.3) is 0 Å². The van der Waals surface area contributed by atoms with Crippen LogP contribution in [-0.2, 0) is 11.2 Å². The van der Waals surface area contributed by atoms with E-state index in [1.54, 1.807) is 11.3 Å². The Morgan fingerprint density at radius 3 is 3.06 bits per heavy atom. The molecule has 0 bridgehead atoms. The molecular formula is C13H21NOS. The number of hydrogen-bond acceptors (Lipinski definition) is 3. The Balaban J connectivity index is 1.75. The van der Waals surface area contributed by atoms with Crippen molar-refractivity contribution in [3.8, 4) is 0 Å². The Morgan fingerprint density at radius 1 is 1.56 bits per heavy atom. The fourth-order valence-electron chi connectivity index (χ4n) is 2.35. The predicted molar refractivity (Wildman–Crippen MR) is 69.0 cm³/mol. The van der Waals surface area contributed by atoms with Crippen LogP contribution in [0.5, 0.6) is 0 Å². The Bertz CT molecular complexity index is 293. The molecule has 1 aliphatic rings. The molecule has 0 aromatic carbocycles. The summed E-state index contributed by atoms with van der Waals surface area (Å²) in [6.07, 6.45) is 2.33. The van der Waals surface area contributed by atoms with Crippen molar-refractivity contribution in [3.63, 3.8) is 0 Å². The van der Waals surface area contributed by atoms with Crippen LogP contribution in [0, 0.1) is 5.92 Å². The van der Waals surface area contributed by atoms with Crippen LogP contribution in [0.3, 0.4) is 0 Å². The minimum absolute atomic E-state index is 0.546. The Morgan fingerprint density at radius 2 is 2.44 bits per heavy atom. The maximum absolute atomic E-state index is 5.43. The lowest BCUT2D eigenvalue weighted by Gasteiger charge is -2.23. The van der Waals surface area contributed by atoms with E-state index in [2.05, 4.69) is 36.0 Å². The second-order valence-electron chi connectivity index (χ2n) is 4.82. The van der Waals surface area contributed by atoms with Crippen molar-refractivity contribution in [1.82, 2.24) is 5.32 Å². The van der Waals surface area contributed by atoms with Gasteiger partial charge in [-0.3, -0.25) is 0 Å². The highest BCUT2D eigenvalue weighted by atomic mass is 32.1. The molecule has 2 heterocycles. The summed E-state index contributed by atoms with van der Waals surface area (Å²) < 4.78 is 5.43. The number of hydrogen-bond donors (Lipinski definition) is 1. The van der Waals surface area contributed by atoms with Gasteiger partial charge in [0, 0.05) is 18.7 Å². The average molecular weight is 239 g/mol. The third kappa shape index (κ3) is 3.30. The first-order valence-electron chi connectivity index (χ1n) is 6.10. The molecule has 3 heteroatoms. The van der Waals surface area contributed by atoms with Crippen molar-refractivity contribution in [3.05, 3.63) is 22.4 Å². The fraction of sp³-hybridized carbons (Fsp3) is 0.692. The third-order valence-corrected chi connectivity index (χ3v) is 4.07. The summed E-state index contributed by atoms with van der Waals surface area (Å²) in [5, 5.41) is 8.07. The van der Waals surface area contributed by atoms with E-state index in [1.165, 1.54) is 12.0 Å². The Labute approximate surface area is 102 Å². The summed E-state index contributed by atoms with van der Waals surface area (Å²) >= 11 is 1.78. The first-order chi connectivity index (χ1) is 7.75. The molecule has 1 aromatic rings. The Hall–Kier alpha value is -0.380. The average Bonchev–Trinajstić information content (AvgIpc) is 2.88. The minimum Gasteiger partial charge on any atom is -0.381 e. The summed E-state index contributed by atoms with van der Waals surface area (Å²) in [6.45, 7) is 6.42. The van der Waals surface area contributed by atoms with E-state index < -0.39 is 0 Å². The molecule has 1 saturated heterocycles. The molecule has 0 radical (unpaired) electrons. The molecule has 90 valence electrons. The van der Waals surface area contributed by atoms with Gasteiger partial charge in [0.15, 0.2) is 0 Å². The molecule has 3 atom stereocenters. The van der Waals surface area contributed by atoms with Gasteiger partial charge in [-0.25, -0.2) is 0 Å². The van der Waals surface area contributed by atoms with E-state index >= 15 is 0 Å². The summed E-state index contributed by atoms with van der Waals surface area (Å²) in [6, 6.07) is 3.33. The lowest BCUT2D eigenvalue weighted by atomic mass is 9.99. The smallest absolute Gasteiger partial charge is 0.0509 e. The SMILES string of the molecule is CC(Cc1ccsc1)NC(C)C1CCOC1. The zero-order valence-electron chi connectivity index (χ0n) is 10.1. The molecule has 0 saturated carbocycles. The van der Waals surface area contributed by atoms with Crippen LogP contribution in [0.25, 0.3) is 0 Å². The highest BCUT2D eigenvalue weighted by Crippen LogP contribution is 2.17. The Kier molecular flexibility index (Phi) is 4.38. The first-order valence-corrected chi connectivity index (χ1v) is 7.05. The number of nitrogens with one attached hydrogen (secondary N) is 1. The molecule has 3 unspecified atom stereocenters. The van der Waals surface area contributed by atoms with Crippen LogP contribution in [0.4, 0.5) is 0 Å². The predicted octanol–water partition coefficient (Wildman–Crippen LogP) is 2.69. The normalized spacial score (nSPS) is 24.5. The molecule has 1 fully saturated rings. The lowest BCUT2D eigenvalue weighted by Crippen LogP contribution is -2.40. The van der Waals surface area contributed by atoms with Gasteiger partial charge in [0.1, 0.15) is 0 Å². The third-order valence-electron chi connectivity index (χ3n) is 3.34. The molecule has 1 aliphatic heterocycles. The summed E-state index contributed by atoms with van der Waals surface area (Å²) in [7, 11) is 0. The topological polar surface area (TPSA) is 21.3 Å². The van der Waals surface area contributed by atoms with Crippen LogP contribution >= 0.6 is 11.3 Å². The van der Waals surface area contributed by atoms with Gasteiger partial charge in [0.05, 0.1) is 6.61 Å². The molecule has 2 nitrogen and oxygen atoms in total. The molecule has 1 aromatic heterocycles. The number of ether oxygens (including phenoxy) is 1. The van der Waals surface area contributed by atoms with E-state index in [-0.39, 0.29) is 0 Å². The molecule has 0 amide bonds. The van der Waals surface area contributed by atoms with Crippen LogP contribution < -0.4 is 5.32 Å². The summed E-state index contributed by atoms with van der Waals surface area (Å²) in [5.74, 6) is 0.699. The highest BCUT2D eigenvalue weighted by Gasteiger charge is 2.23. The van der Waals surface area contributed by atoms with Crippen LogP contribution in [0.2, 0.25) is 0 Å². The van der Waals surface area contributed by atoms with Gasteiger partial charge in [-0.15, -0.1) is 0 Å². The van der Waals surface area contributed by atoms with Crippen LogP contribution in [-0.4, -0.2) is 25.3 Å². The van der Waals surface area contributed by atoms with E-state index in [0.29, 0.717) is 18.0 Å². The van der Waals surface area contributed by atoms with Gasteiger partial charge in [-0.2, -0.15) is 11.3 Å². The van der Waals surface area contributed by atoms with Gasteiger partial charge in [0.2, 0.25) is 0 Å². The zero-order valence-corrected chi connectivity index (χ0v) is 10.9. The van der Waals surface area contributed by atoms with E-state index in [9.17, 15) is 0 Å². The zero-order chi connectivity index (χ0) is 11.4. The van der Waals surface area contributed by atoms with Crippen molar-refractivity contribution in [2.45, 2.75) is 38.8 Å².